The Bertz CT molecular complexity index is 982. The highest BCUT2D eigenvalue weighted by atomic mass is 16.6. The zero-order valence-corrected chi connectivity index (χ0v) is 21.8. The molecule has 0 aromatic heterocycles. The fourth-order valence-electron chi connectivity index (χ4n) is 4.61. The van der Waals surface area contributed by atoms with Crippen LogP contribution in [0.5, 0.6) is 5.75 Å². The van der Waals surface area contributed by atoms with E-state index in [1.165, 1.54) is 5.39 Å². The minimum atomic E-state index is -0.512. The number of likely N-dealkylation sites (tertiary alicyclic amines) is 1. The second kappa shape index (κ2) is 11.6. The average Bonchev–Trinajstić information content (AvgIpc) is 2.83. The average molecular weight is 484 g/mol. The first kappa shape index (κ1) is 25.7. The summed E-state index contributed by atoms with van der Waals surface area (Å²) in [6.07, 6.45) is 2.32. The molecule has 2 fully saturated rings. The Labute approximate surface area is 209 Å². The van der Waals surface area contributed by atoms with Crippen molar-refractivity contribution >= 4 is 16.9 Å². The van der Waals surface area contributed by atoms with Crippen molar-refractivity contribution in [3.8, 4) is 5.75 Å². The van der Waals surface area contributed by atoms with Gasteiger partial charge < -0.3 is 19.1 Å². The van der Waals surface area contributed by atoms with Gasteiger partial charge in [0.05, 0.1) is 6.61 Å². The van der Waals surface area contributed by atoms with Crippen molar-refractivity contribution in [2.24, 2.45) is 0 Å². The Hall–Kier alpha value is -2.35. The quantitative estimate of drug-likeness (QED) is 0.568. The standard InChI is InChI=1S/C28H41N3O4/c1-28(2,3)35-27(32)31-12-6-5-7-26(31)34-21-22-8-9-23-10-11-25(20-24(23)19-22)33-18-17-30-15-13-29(4)14-16-30/h8-11,19-20,26H,5-7,12-18,21H2,1-4H3. The third-order valence-corrected chi connectivity index (χ3v) is 6.67. The molecule has 1 unspecified atom stereocenters. The number of likely N-dealkylation sites (N-methyl/N-ethyl adjacent to an activating group) is 1. The summed E-state index contributed by atoms with van der Waals surface area (Å²) in [5.41, 5.74) is 0.573. The van der Waals surface area contributed by atoms with Crippen molar-refractivity contribution in [1.29, 1.82) is 0 Å². The Kier molecular flexibility index (Phi) is 8.52. The van der Waals surface area contributed by atoms with Gasteiger partial charge in [0, 0.05) is 39.3 Å². The molecule has 0 aliphatic carbocycles. The number of piperazine rings is 1. The monoisotopic (exact) mass is 483 g/mol. The van der Waals surface area contributed by atoms with Gasteiger partial charge in [-0.15, -0.1) is 0 Å². The fraction of sp³-hybridized carbons (Fsp3) is 0.607. The van der Waals surface area contributed by atoms with Gasteiger partial charge in [0.1, 0.15) is 24.2 Å². The van der Waals surface area contributed by atoms with Crippen LogP contribution in [0.3, 0.4) is 0 Å². The van der Waals surface area contributed by atoms with Crippen LogP contribution in [0, 0.1) is 0 Å². The highest BCUT2D eigenvalue weighted by Crippen LogP contribution is 2.25. The topological polar surface area (TPSA) is 54.5 Å². The molecule has 2 aromatic rings. The van der Waals surface area contributed by atoms with E-state index in [0.29, 0.717) is 19.8 Å². The Balaban J connectivity index is 1.33. The van der Waals surface area contributed by atoms with Crippen LogP contribution in [0.4, 0.5) is 4.79 Å². The van der Waals surface area contributed by atoms with Crippen LogP contribution < -0.4 is 4.74 Å². The Morgan fingerprint density at radius 1 is 0.971 bits per heavy atom. The zero-order valence-electron chi connectivity index (χ0n) is 21.8. The van der Waals surface area contributed by atoms with Gasteiger partial charge in [-0.1, -0.05) is 18.2 Å². The number of ether oxygens (including phenoxy) is 3. The van der Waals surface area contributed by atoms with Crippen LogP contribution in [-0.2, 0) is 16.1 Å². The summed E-state index contributed by atoms with van der Waals surface area (Å²) in [5, 5.41) is 2.31. The predicted molar refractivity (Wildman–Crippen MR) is 139 cm³/mol. The lowest BCUT2D eigenvalue weighted by molar-refractivity contribution is -0.0897. The molecule has 0 saturated carbocycles. The van der Waals surface area contributed by atoms with Gasteiger partial charge in [-0.2, -0.15) is 0 Å². The normalized spacial score (nSPS) is 20.2. The van der Waals surface area contributed by atoms with Crippen LogP contribution in [-0.4, -0.2) is 85.5 Å². The van der Waals surface area contributed by atoms with Crippen molar-refractivity contribution in [3.05, 3.63) is 42.0 Å². The SMILES string of the molecule is CN1CCN(CCOc2ccc3ccc(COC4CCCCN4C(=O)OC(C)(C)C)cc3c2)CC1. The molecule has 0 N–H and O–H groups in total. The molecule has 2 saturated heterocycles. The first-order valence-corrected chi connectivity index (χ1v) is 12.9. The summed E-state index contributed by atoms with van der Waals surface area (Å²) < 4.78 is 17.9. The van der Waals surface area contributed by atoms with E-state index in [2.05, 4.69) is 47.2 Å². The number of amides is 1. The fourth-order valence-corrected chi connectivity index (χ4v) is 4.61. The maximum Gasteiger partial charge on any atom is 0.412 e. The summed E-state index contributed by atoms with van der Waals surface area (Å²) in [7, 11) is 2.18. The molecule has 192 valence electrons. The zero-order chi connectivity index (χ0) is 24.8. The minimum Gasteiger partial charge on any atom is -0.492 e. The van der Waals surface area contributed by atoms with E-state index < -0.39 is 5.60 Å². The first-order valence-electron chi connectivity index (χ1n) is 12.9. The molecular formula is C28H41N3O4. The van der Waals surface area contributed by atoms with E-state index >= 15 is 0 Å². The maximum atomic E-state index is 12.7. The van der Waals surface area contributed by atoms with Crippen LogP contribution >= 0.6 is 0 Å². The molecule has 7 nitrogen and oxygen atoms in total. The number of rotatable bonds is 7. The van der Waals surface area contributed by atoms with Gasteiger partial charge in [0.2, 0.25) is 0 Å². The van der Waals surface area contributed by atoms with E-state index in [0.717, 1.165) is 68.7 Å². The summed E-state index contributed by atoms with van der Waals surface area (Å²) in [6, 6.07) is 12.6. The molecule has 2 aliphatic rings. The molecule has 1 amide bonds. The van der Waals surface area contributed by atoms with Crippen LogP contribution in [0.1, 0.15) is 45.6 Å². The number of carbonyl (C=O) groups is 1. The number of hydrogen-bond donors (Lipinski definition) is 0. The molecule has 4 rings (SSSR count). The lowest BCUT2D eigenvalue weighted by Crippen LogP contribution is -2.47. The number of nitrogens with zero attached hydrogens (tertiary/aromatic N) is 3. The van der Waals surface area contributed by atoms with Crippen molar-refractivity contribution in [2.45, 2.75) is 58.5 Å². The third kappa shape index (κ3) is 7.56. The van der Waals surface area contributed by atoms with E-state index in [9.17, 15) is 4.79 Å². The van der Waals surface area contributed by atoms with Crippen molar-refractivity contribution < 1.29 is 19.0 Å². The summed E-state index contributed by atoms with van der Waals surface area (Å²) in [6.45, 7) is 12.9. The molecule has 2 aromatic carbocycles. The van der Waals surface area contributed by atoms with E-state index in [1.54, 1.807) is 4.90 Å². The molecule has 1 atom stereocenters. The van der Waals surface area contributed by atoms with Gasteiger partial charge >= 0.3 is 6.09 Å². The summed E-state index contributed by atoms with van der Waals surface area (Å²) in [4.78, 5) is 19.2. The van der Waals surface area contributed by atoms with Gasteiger partial charge in [-0.05, 0) is 81.6 Å². The van der Waals surface area contributed by atoms with Gasteiger partial charge in [-0.25, -0.2) is 4.79 Å². The van der Waals surface area contributed by atoms with Crippen molar-refractivity contribution in [2.75, 3.05) is 52.9 Å². The van der Waals surface area contributed by atoms with E-state index in [4.69, 9.17) is 14.2 Å². The number of hydrogen-bond acceptors (Lipinski definition) is 6. The van der Waals surface area contributed by atoms with Crippen LogP contribution in [0.2, 0.25) is 0 Å². The van der Waals surface area contributed by atoms with Gasteiger partial charge in [0.15, 0.2) is 0 Å². The van der Waals surface area contributed by atoms with Gasteiger partial charge in [-0.3, -0.25) is 9.80 Å². The van der Waals surface area contributed by atoms with Crippen molar-refractivity contribution in [3.63, 3.8) is 0 Å². The smallest absolute Gasteiger partial charge is 0.412 e. The Morgan fingerprint density at radius 2 is 1.74 bits per heavy atom. The predicted octanol–water partition coefficient (Wildman–Crippen LogP) is 4.73. The molecular weight excluding hydrogens is 442 g/mol. The third-order valence-electron chi connectivity index (χ3n) is 6.67. The Morgan fingerprint density at radius 3 is 2.51 bits per heavy atom. The number of carbonyl (C=O) groups excluding carboxylic acids is 1. The number of fused-ring (bicyclic) bond motifs is 1. The molecule has 2 aliphatic heterocycles. The minimum absolute atomic E-state index is 0.251. The summed E-state index contributed by atoms with van der Waals surface area (Å²) >= 11 is 0. The molecule has 0 radical (unpaired) electrons. The van der Waals surface area contributed by atoms with Crippen molar-refractivity contribution in [1.82, 2.24) is 14.7 Å². The highest BCUT2D eigenvalue weighted by molar-refractivity contribution is 5.84. The number of benzene rings is 2. The molecule has 0 bridgehead atoms. The lowest BCUT2D eigenvalue weighted by Gasteiger charge is -2.36. The van der Waals surface area contributed by atoms with E-state index in [-0.39, 0.29) is 12.3 Å². The van der Waals surface area contributed by atoms with Crippen LogP contribution in [0.15, 0.2) is 36.4 Å². The summed E-state index contributed by atoms with van der Waals surface area (Å²) in [5.74, 6) is 0.896. The second-order valence-corrected chi connectivity index (χ2v) is 10.8. The molecule has 7 heteroatoms. The van der Waals surface area contributed by atoms with Gasteiger partial charge in [0.25, 0.3) is 0 Å². The number of piperidine rings is 1. The van der Waals surface area contributed by atoms with E-state index in [1.807, 2.05) is 26.8 Å². The molecule has 2 heterocycles. The molecule has 0 spiro atoms. The highest BCUT2D eigenvalue weighted by Gasteiger charge is 2.31. The second-order valence-electron chi connectivity index (χ2n) is 10.8. The maximum absolute atomic E-state index is 12.7. The van der Waals surface area contributed by atoms with Crippen LogP contribution in [0.25, 0.3) is 10.8 Å². The first-order chi connectivity index (χ1) is 16.8. The lowest BCUT2D eigenvalue weighted by atomic mass is 10.1. The largest absolute Gasteiger partial charge is 0.492 e. The molecule has 35 heavy (non-hydrogen) atoms.